The van der Waals surface area contributed by atoms with E-state index < -0.39 is 24.5 Å². The molecule has 0 rings (SSSR count). The first kappa shape index (κ1) is 13.0. The number of ketones is 1. The van der Waals surface area contributed by atoms with Crippen molar-refractivity contribution < 1.29 is 14.0 Å². The maximum absolute atomic E-state index is 11.9. The van der Waals surface area contributed by atoms with Crippen LogP contribution in [-0.2, 0) is 9.59 Å². The predicted molar refractivity (Wildman–Crippen MR) is 51.2 cm³/mol. The molecule has 2 atom stereocenters. The lowest BCUT2D eigenvalue weighted by Gasteiger charge is -2.15. The number of carbonyl (C=O) groups excluding carboxylic acids is 2. The largest absolute Gasteiger partial charge is 0.369 e. The molecule has 0 radical (unpaired) electrons. The van der Waals surface area contributed by atoms with Gasteiger partial charge in [-0.2, -0.15) is 0 Å². The Labute approximate surface area is 82.8 Å². The van der Waals surface area contributed by atoms with E-state index in [1.807, 2.05) is 0 Å². The second-order valence-electron chi connectivity index (χ2n) is 3.38. The van der Waals surface area contributed by atoms with Crippen LogP contribution in [0.25, 0.3) is 0 Å². The molecule has 0 saturated heterocycles. The van der Waals surface area contributed by atoms with Crippen molar-refractivity contribution in [3.63, 3.8) is 0 Å². The van der Waals surface area contributed by atoms with Gasteiger partial charge in [0.2, 0.25) is 5.91 Å². The minimum absolute atomic E-state index is 0.184. The molecular formula is C9H17FN2O2. The van der Waals surface area contributed by atoms with Crippen LogP contribution in [0.2, 0.25) is 0 Å². The Hall–Kier alpha value is -0.970. The van der Waals surface area contributed by atoms with Gasteiger partial charge in [0.15, 0.2) is 0 Å². The van der Waals surface area contributed by atoms with Crippen LogP contribution in [0.4, 0.5) is 4.39 Å². The highest BCUT2D eigenvalue weighted by molar-refractivity contribution is 5.83. The van der Waals surface area contributed by atoms with Crippen molar-refractivity contribution in [2.75, 3.05) is 6.67 Å². The summed E-state index contributed by atoms with van der Waals surface area (Å²) in [5.41, 5.74) is 10.6. The Morgan fingerprint density at radius 3 is 2.36 bits per heavy atom. The van der Waals surface area contributed by atoms with Crippen LogP contribution in [0.15, 0.2) is 0 Å². The summed E-state index contributed by atoms with van der Waals surface area (Å²) < 4.78 is 11.9. The molecule has 0 aromatic rings. The number of alkyl halides is 1. The summed E-state index contributed by atoms with van der Waals surface area (Å²) in [6, 6.07) is -0.674. The van der Waals surface area contributed by atoms with E-state index in [1.165, 1.54) is 6.92 Å². The summed E-state index contributed by atoms with van der Waals surface area (Å²) in [4.78, 5) is 21.7. The normalized spacial score (nSPS) is 14.8. The van der Waals surface area contributed by atoms with E-state index in [-0.39, 0.29) is 18.6 Å². The van der Waals surface area contributed by atoms with Crippen LogP contribution in [-0.4, -0.2) is 24.4 Å². The van der Waals surface area contributed by atoms with Gasteiger partial charge in [-0.15, -0.1) is 0 Å². The van der Waals surface area contributed by atoms with Gasteiger partial charge in [0.1, 0.15) is 5.78 Å². The Balaban J connectivity index is 4.08. The number of primary amides is 1. The second-order valence-corrected chi connectivity index (χ2v) is 3.38. The van der Waals surface area contributed by atoms with E-state index in [0.29, 0.717) is 6.42 Å². The standard InChI is InChI=1S/C9H17FN2O2/c1-6(13)8(11)5-7(9(12)14)3-2-4-10/h7-8H,2-5,11H2,1H3,(H2,12,14)/i10-1. The molecule has 0 heterocycles. The van der Waals surface area contributed by atoms with E-state index in [4.69, 9.17) is 11.5 Å². The van der Waals surface area contributed by atoms with Crippen molar-refractivity contribution in [2.45, 2.75) is 32.2 Å². The lowest BCUT2D eigenvalue weighted by Crippen LogP contribution is -2.35. The van der Waals surface area contributed by atoms with E-state index >= 15 is 0 Å². The molecule has 82 valence electrons. The Morgan fingerprint density at radius 2 is 2.00 bits per heavy atom. The smallest absolute Gasteiger partial charge is 0.220 e. The molecule has 5 heteroatoms. The number of halogens is 1. The van der Waals surface area contributed by atoms with Crippen molar-refractivity contribution in [1.82, 2.24) is 0 Å². The monoisotopic (exact) mass is 203 g/mol. The van der Waals surface area contributed by atoms with Crippen molar-refractivity contribution in [3.8, 4) is 0 Å². The van der Waals surface area contributed by atoms with Crippen LogP contribution in [0.1, 0.15) is 26.2 Å². The van der Waals surface area contributed by atoms with Gasteiger partial charge < -0.3 is 11.5 Å². The molecular weight excluding hydrogens is 186 g/mol. The molecule has 0 bridgehead atoms. The number of nitrogens with two attached hydrogens (primary N) is 2. The Bertz CT molecular complexity index is 209. The van der Waals surface area contributed by atoms with Crippen LogP contribution in [0.5, 0.6) is 0 Å². The third kappa shape index (κ3) is 4.91. The van der Waals surface area contributed by atoms with E-state index in [9.17, 15) is 14.0 Å². The van der Waals surface area contributed by atoms with Gasteiger partial charge in [0.25, 0.3) is 0 Å². The molecule has 4 N–H and O–H groups in total. The zero-order valence-corrected chi connectivity index (χ0v) is 8.33. The first-order chi connectivity index (χ1) is 6.49. The quantitative estimate of drug-likeness (QED) is 0.617. The highest BCUT2D eigenvalue weighted by atomic mass is 18.2. The maximum Gasteiger partial charge on any atom is 0.220 e. The third-order valence-electron chi connectivity index (χ3n) is 2.15. The zero-order valence-electron chi connectivity index (χ0n) is 8.33. The third-order valence-corrected chi connectivity index (χ3v) is 2.15. The van der Waals surface area contributed by atoms with Crippen molar-refractivity contribution in [1.29, 1.82) is 0 Å². The van der Waals surface area contributed by atoms with Gasteiger partial charge in [-0.25, -0.2) is 0 Å². The highest BCUT2D eigenvalue weighted by Gasteiger charge is 2.20. The molecule has 0 fully saturated rings. The Morgan fingerprint density at radius 1 is 1.43 bits per heavy atom. The zero-order chi connectivity index (χ0) is 11.1. The molecule has 14 heavy (non-hydrogen) atoms. The topological polar surface area (TPSA) is 86.2 Å². The number of hydrogen-bond acceptors (Lipinski definition) is 3. The van der Waals surface area contributed by atoms with Crippen LogP contribution in [0.3, 0.4) is 0 Å². The van der Waals surface area contributed by atoms with E-state index in [0.717, 1.165) is 0 Å². The molecule has 0 saturated carbocycles. The average Bonchev–Trinajstić information content (AvgIpc) is 2.10. The lowest BCUT2D eigenvalue weighted by atomic mass is 9.93. The van der Waals surface area contributed by atoms with Crippen molar-refractivity contribution in [3.05, 3.63) is 0 Å². The fraction of sp³-hybridized carbons (Fsp3) is 0.778. The minimum atomic E-state index is -0.674. The predicted octanol–water partition coefficient (Wildman–Crippen LogP) is 0.144. The van der Waals surface area contributed by atoms with Crippen molar-refractivity contribution >= 4 is 11.7 Å². The lowest BCUT2D eigenvalue weighted by molar-refractivity contribution is -0.123. The van der Waals surface area contributed by atoms with Gasteiger partial charge in [0, 0.05) is 5.92 Å². The van der Waals surface area contributed by atoms with Gasteiger partial charge in [-0.3, -0.25) is 14.0 Å². The number of rotatable bonds is 7. The van der Waals surface area contributed by atoms with Gasteiger partial charge >= 0.3 is 0 Å². The van der Waals surface area contributed by atoms with Gasteiger partial charge in [-0.05, 0) is 26.2 Å². The summed E-state index contributed by atoms with van der Waals surface area (Å²) in [5, 5.41) is 0. The molecule has 0 aromatic carbocycles. The number of amides is 1. The number of carbonyl (C=O) groups is 2. The molecule has 2 unspecified atom stereocenters. The first-order valence-corrected chi connectivity index (χ1v) is 4.60. The minimum Gasteiger partial charge on any atom is -0.369 e. The summed E-state index contributed by atoms with van der Waals surface area (Å²) in [6.45, 7) is 0.872. The van der Waals surface area contributed by atoms with Crippen LogP contribution >= 0.6 is 0 Å². The summed E-state index contributed by atoms with van der Waals surface area (Å²) in [6.07, 6.45) is 0.843. The number of hydrogen-bond donors (Lipinski definition) is 2. The molecule has 0 aromatic heterocycles. The van der Waals surface area contributed by atoms with Gasteiger partial charge in [0.05, 0.1) is 12.7 Å². The summed E-state index contributed by atoms with van der Waals surface area (Å²) >= 11 is 0. The molecule has 0 spiro atoms. The fourth-order valence-corrected chi connectivity index (χ4v) is 1.17. The van der Waals surface area contributed by atoms with Crippen LogP contribution in [0, 0.1) is 5.92 Å². The maximum atomic E-state index is 11.9. The van der Waals surface area contributed by atoms with Crippen molar-refractivity contribution in [2.24, 2.45) is 17.4 Å². The molecule has 0 aliphatic heterocycles. The molecule has 0 aliphatic carbocycles. The fourth-order valence-electron chi connectivity index (χ4n) is 1.17. The van der Waals surface area contributed by atoms with Gasteiger partial charge in [-0.1, -0.05) is 0 Å². The summed E-state index contributed by atoms with van der Waals surface area (Å²) in [5.74, 6) is -1.20. The number of Topliss-reactive ketones (excluding diaryl/α,β-unsaturated/α-hetero) is 1. The second kappa shape index (κ2) is 6.48. The average molecular weight is 203 g/mol. The SMILES string of the molecule is CC(=O)C(N)CC(CCC[18F])C(N)=O. The molecule has 1 amide bonds. The molecule has 0 aliphatic rings. The Kier molecular flexibility index (Phi) is 6.03. The van der Waals surface area contributed by atoms with E-state index in [1.54, 1.807) is 0 Å². The van der Waals surface area contributed by atoms with Crippen LogP contribution < -0.4 is 11.5 Å². The first-order valence-electron chi connectivity index (χ1n) is 4.60. The highest BCUT2D eigenvalue weighted by Crippen LogP contribution is 2.13. The van der Waals surface area contributed by atoms with E-state index in [2.05, 4.69) is 0 Å². The molecule has 4 nitrogen and oxygen atoms in total. The summed E-state index contributed by atoms with van der Waals surface area (Å²) in [7, 11) is 0.